The van der Waals surface area contributed by atoms with Gasteiger partial charge < -0.3 is 83.5 Å². The Morgan fingerprint density at radius 2 is 0.692 bits per heavy atom. The SMILES string of the molecule is COC1OCC(O)C(OC2OCC(O)C(OC3OCC(O)C(OC4OCC(O)C(OC)C4O)C3O)C2O)C1O. The van der Waals surface area contributed by atoms with Gasteiger partial charge in [0.25, 0.3) is 0 Å². The highest BCUT2D eigenvalue weighted by atomic mass is 16.8. The highest BCUT2D eigenvalue weighted by Gasteiger charge is 2.51. The number of methoxy groups -OCH3 is 2. The smallest absolute Gasteiger partial charge is 0.186 e. The predicted octanol–water partition coefficient (Wildman–Crippen LogP) is -5.88. The molecule has 4 aliphatic heterocycles. The van der Waals surface area contributed by atoms with Gasteiger partial charge >= 0.3 is 0 Å². The Hall–Kier alpha value is -0.680. The molecule has 0 aliphatic carbocycles. The van der Waals surface area contributed by atoms with Crippen LogP contribution in [0.4, 0.5) is 0 Å². The van der Waals surface area contributed by atoms with Crippen molar-refractivity contribution in [3.05, 3.63) is 0 Å². The highest BCUT2D eigenvalue weighted by Crippen LogP contribution is 2.30. The van der Waals surface area contributed by atoms with Crippen LogP contribution in [0.1, 0.15) is 0 Å². The monoisotopic (exact) mass is 574 g/mol. The van der Waals surface area contributed by atoms with Crippen molar-refractivity contribution in [2.45, 2.75) is 98.4 Å². The van der Waals surface area contributed by atoms with E-state index in [-0.39, 0.29) is 26.4 Å². The minimum absolute atomic E-state index is 0.221. The number of ether oxygens (including phenoxy) is 9. The molecule has 0 amide bonds. The van der Waals surface area contributed by atoms with Gasteiger partial charge in [0.1, 0.15) is 73.2 Å². The molecular weight excluding hydrogens is 536 g/mol. The first kappa shape index (κ1) is 31.3. The maximum Gasteiger partial charge on any atom is 0.186 e. The van der Waals surface area contributed by atoms with E-state index in [0.29, 0.717) is 0 Å². The Bertz CT molecular complexity index is 762. The van der Waals surface area contributed by atoms with Gasteiger partial charge in [-0.05, 0) is 0 Å². The van der Waals surface area contributed by atoms with Crippen molar-refractivity contribution >= 4 is 0 Å². The summed E-state index contributed by atoms with van der Waals surface area (Å²) in [6.45, 7) is -1.23. The standard InChI is InChI=1S/C22H38O17/c1-31-15-7(23)3-34-20(11(15)27)38-17-9(25)5-36-22(13(17)29)39-18-10(26)6-35-21(14(18)30)37-16-8(24)4-33-19(32-2)12(16)28/h7-30H,3-6H2,1-2H3. The number of aliphatic hydroxyl groups is 8. The molecule has 4 aliphatic rings. The lowest BCUT2D eigenvalue weighted by molar-refractivity contribution is -0.366. The molecule has 16 unspecified atom stereocenters. The second-order valence-corrected chi connectivity index (χ2v) is 9.78. The lowest BCUT2D eigenvalue weighted by Gasteiger charge is -2.45. The van der Waals surface area contributed by atoms with Crippen molar-refractivity contribution in [2.24, 2.45) is 0 Å². The summed E-state index contributed by atoms with van der Waals surface area (Å²) >= 11 is 0. The average Bonchev–Trinajstić information content (AvgIpc) is 2.90. The van der Waals surface area contributed by atoms with E-state index in [4.69, 9.17) is 42.6 Å². The topological polar surface area (TPSA) is 245 Å². The zero-order valence-corrected chi connectivity index (χ0v) is 21.3. The normalized spacial score (nSPS) is 51.5. The molecule has 0 saturated carbocycles. The first-order chi connectivity index (χ1) is 18.6. The summed E-state index contributed by atoms with van der Waals surface area (Å²) < 4.78 is 48.1. The molecule has 0 aromatic carbocycles. The first-order valence-corrected chi connectivity index (χ1v) is 12.5. The Labute approximate surface area is 223 Å². The molecule has 0 aromatic heterocycles. The lowest BCUT2D eigenvalue weighted by Crippen LogP contribution is -2.63. The van der Waals surface area contributed by atoms with Gasteiger partial charge in [-0.15, -0.1) is 0 Å². The van der Waals surface area contributed by atoms with Crippen LogP contribution >= 0.6 is 0 Å². The molecule has 16 atom stereocenters. The summed E-state index contributed by atoms with van der Waals surface area (Å²) in [5, 5.41) is 83.5. The van der Waals surface area contributed by atoms with Crippen LogP contribution in [0.3, 0.4) is 0 Å². The minimum atomic E-state index is -1.69. The van der Waals surface area contributed by atoms with Gasteiger partial charge in [-0.25, -0.2) is 0 Å². The molecule has 228 valence electrons. The second-order valence-electron chi connectivity index (χ2n) is 9.78. The van der Waals surface area contributed by atoms with E-state index in [1.807, 2.05) is 0 Å². The number of rotatable bonds is 8. The third-order valence-corrected chi connectivity index (χ3v) is 7.08. The van der Waals surface area contributed by atoms with Crippen molar-refractivity contribution < 1.29 is 83.5 Å². The summed E-state index contributed by atoms with van der Waals surface area (Å²) in [5.41, 5.74) is 0. The Balaban J connectivity index is 1.39. The van der Waals surface area contributed by atoms with Gasteiger partial charge in [0.2, 0.25) is 0 Å². The van der Waals surface area contributed by atoms with E-state index in [1.54, 1.807) is 0 Å². The maximum absolute atomic E-state index is 10.9. The van der Waals surface area contributed by atoms with Gasteiger partial charge in [0.15, 0.2) is 25.2 Å². The summed E-state index contributed by atoms with van der Waals surface area (Å²) in [6, 6.07) is 0. The third kappa shape index (κ3) is 6.71. The van der Waals surface area contributed by atoms with Crippen LogP contribution in [0.2, 0.25) is 0 Å². The molecule has 17 nitrogen and oxygen atoms in total. The lowest BCUT2D eigenvalue weighted by atomic mass is 10.0. The van der Waals surface area contributed by atoms with Crippen molar-refractivity contribution in [1.29, 1.82) is 0 Å². The van der Waals surface area contributed by atoms with Crippen LogP contribution in [0.15, 0.2) is 0 Å². The van der Waals surface area contributed by atoms with Gasteiger partial charge in [-0.2, -0.15) is 0 Å². The maximum atomic E-state index is 10.9. The molecule has 0 aromatic rings. The molecule has 4 heterocycles. The summed E-state index contributed by atoms with van der Waals surface area (Å²) in [4.78, 5) is 0. The van der Waals surface area contributed by atoms with E-state index >= 15 is 0 Å². The third-order valence-electron chi connectivity index (χ3n) is 7.08. The predicted molar refractivity (Wildman–Crippen MR) is 119 cm³/mol. The summed E-state index contributed by atoms with van der Waals surface area (Å²) in [6.07, 6.45) is -22.1. The number of hydrogen-bond donors (Lipinski definition) is 8. The molecule has 39 heavy (non-hydrogen) atoms. The highest BCUT2D eigenvalue weighted by molar-refractivity contribution is 4.92. The van der Waals surface area contributed by atoms with E-state index in [0.717, 1.165) is 0 Å². The van der Waals surface area contributed by atoms with Crippen molar-refractivity contribution in [2.75, 3.05) is 40.6 Å². The fourth-order valence-corrected chi connectivity index (χ4v) is 4.92. The van der Waals surface area contributed by atoms with Crippen molar-refractivity contribution in [3.8, 4) is 0 Å². The molecule has 17 heteroatoms. The van der Waals surface area contributed by atoms with Gasteiger partial charge in [0.05, 0.1) is 26.4 Å². The summed E-state index contributed by atoms with van der Waals surface area (Å²) in [5.74, 6) is 0. The Morgan fingerprint density at radius 3 is 1.03 bits per heavy atom. The minimum Gasteiger partial charge on any atom is -0.388 e. The van der Waals surface area contributed by atoms with Gasteiger partial charge in [0, 0.05) is 14.2 Å². The second kappa shape index (κ2) is 13.5. The molecule has 0 radical (unpaired) electrons. The average molecular weight is 575 g/mol. The van der Waals surface area contributed by atoms with Crippen LogP contribution in [-0.4, -0.2) is 180 Å². The van der Waals surface area contributed by atoms with E-state index < -0.39 is 98.4 Å². The molecule has 4 rings (SSSR count). The molecule has 0 bridgehead atoms. The molecule has 0 spiro atoms. The Morgan fingerprint density at radius 1 is 0.410 bits per heavy atom. The quantitative estimate of drug-likeness (QED) is 0.134. The largest absolute Gasteiger partial charge is 0.388 e. The van der Waals surface area contributed by atoms with Crippen LogP contribution in [0, 0.1) is 0 Å². The summed E-state index contributed by atoms with van der Waals surface area (Å²) in [7, 11) is 2.57. The van der Waals surface area contributed by atoms with Crippen molar-refractivity contribution in [3.63, 3.8) is 0 Å². The van der Waals surface area contributed by atoms with E-state index in [9.17, 15) is 40.9 Å². The van der Waals surface area contributed by atoms with Crippen molar-refractivity contribution in [1.82, 2.24) is 0 Å². The van der Waals surface area contributed by atoms with Gasteiger partial charge in [-0.1, -0.05) is 0 Å². The van der Waals surface area contributed by atoms with E-state index in [2.05, 4.69) is 0 Å². The fraction of sp³-hybridized carbons (Fsp3) is 1.00. The van der Waals surface area contributed by atoms with Crippen LogP contribution in [0.5, 0.6) is 0 Å². The van der Waals surface area contributed by atoms with Crippen LogP contribution < -0.4 is 0 Å². The number of hydrogen-bond acceptors (Lipinski definition) is 17. The zero-order chi connectivity index (χ0) is 28.4. The molecular formula is C22H38O17. The molecule has 8 N–H and O–H groups in total. The fourth-order valence-electron chi connectivity index (χ4n) is 4.92. The molecule has 4 fully saturated rings. The van der Waals surface area contributed by atoms with Gasteiger partial charge in [-0.3, -0.25) is 0 Å². The Kier molecular flexibility index (Phi) is 10.8. The number of aliphatic hydroxyl groups excluding tert-OH is 8. The first-order valence-electron chi connectivity index (χ1n) is 12.5. The van der Waals surface area contributed by atoms with E-state index in [1.165, 1.54) is 14.2 Å². The molecule has 4 saturated heterocycles. The zero-order valence-electron chi connectivity index (χ0n) is 21.3. The van der Waals surface area contributed by atoms with Crippen LogP contribution in [-0.2, 0) is 42.6 Å². The van der Waals surface area contributed by atoms with Crippen LogP contribution in [0.25, 0.3) is 0 Å².